The Hall–Kier alpha value is -1.88. The van der Waals surface area contributed by atoms with Crippen LogP contribution in [0.1, 0.15) is 43.1 Å². The van der Waals surface area contributed by atoms with Crippen LogP contribution in [0.15, 0.2) is 18.2 Å². The average molecular weight is 292 g/mol. The molecule has 1 unspecified atom stereocenters. The normalized spacial score (nSPS) is 12.1. The zero-order valence-electron chi connectivity index (χ0n) is 13.1. The Balaban J connectivity index is 2.68. The van der Waals surface area contributed by atoms with Gasteiger partial charge < -0.3 is 15.7 Å². The molecule has 0 saturated carbocycles. The third-order valence-electron chi connectivity index (χ3n) is 3.05. The summed E-state index contributed by atoms with van der Waals surface area (Å²) in [5, 5.41) is 15.2. The zero-order valence-corrected chi connectivity index (χ0v) is 13.1. The highest BCUT2D eigenvalue weighted by molar-refractivity contribution is 5.97. The van der Waals surface area contributed by atoms with E-state index in [1.807, 2.05) is 20.8 Å². The second-order valence-electron chi connectivity index (χ2n) is 5.70. The number of carbonyl (C=O) groups is 2. The lowest BCUT2D eigenvalue weighted by atomic mass is 10.1. The molecule has 0 radical (unpaired) electrons. The Kier molecular flexibility index (Phi) is 6.37. The first-order valence-electron chi connectivity index (χ1n) is 7.14. The number of aryl methyl sites for hydroxylation is 1. The van der Waals surface area contributed by atoms with Crippen molar-refractivity contribution >= 4 is 17.5 Å². The lowest BCUT2D eigenvalue weighted by molar-refractivity contribution is -0.114. The molecule has 0 spiro atoms. The van der Waals surface area contributed by atoms with Crippen LogP contribution in [0.3, 0.4) is 0 Å². The Morgan fingerprint density at radius 1 is 1.29 bits per heavy atom. The van der Waals surface area contributed by atoms with Gasteiger partial charge in [0.2, 0.25) is 5.91 Å². The van der Waals surface area contributed by atoms with E-state index in [9.17, 15) is 14.7 Å². The molecule has 0 aliphatic rings. The molecule has 1 rings (SSSR count). The van der Waals surface area contributed by atoms with E-state index >= 15 is 0 Å². The van der Waals surface area contributed by atoms with Gasteiger partial charge in [-0.1, -0.05) is 19.9 Å². The monoisotopic (exact) mass is 292 g/mol. The van der Waals surface area contributed by atoms with E-state index in [0.717, 1.165) is 5.56 Å². The van der Waals surface area contributed by atoms with Gasteiger partial charge in [-0.15, -0.1) is 0 Å². The quantitative estimate of drug-likeness (QED) is 0.751. The highest BCUT2D eigenvalue weighted by atomic mass is 16.3. The van der Waals surface area contributed by atoms with Crippen LogP contribution in [0.5, 0.6) is 0 Å². The Bertz CT molecular complexity index is 512. The van der Waals surface area contributed by atoms with Crippen molar-refractivity contribution in [3.05, 3.63) is 29.3 Å². The summed E-state index contributed by atoms with van der Waals surface area (Å²) >= 11 is 0. The van der Waals surface area contributed by atoms with Gasteiger partial charge in [-0.05, 0) is 37.0 Å². The number of carbonyl (C=O) groups excluding carboxylic acids is 2. The molecule has 0 aliphatic carbocycles. The van der Waals surface area contributed by atoms with E-state index in [0.29, 0.717) is 23.6 Å². The summed E-state index contributed by atoms with van der Waals surface area (Å²) < 4.78 is 0. The fourth-order valence-electron chi connectivity index (χ4n) is 2.03. The van der Waals surface area contributed by atoms with E-state index in [1.54, 1.807) is 18.2 Å². The minimum Gasteiger partial charge on any atom is -0.391 e. The number of anilines is 1. The number of aliphatic hydroxyl groups is 1. The van der Waals surface area contributed by atoms with Crippen LogP contribution >= 0.6 is 0 Å². The molecule has 1 atom stereocenters. The molecule has 0 saturated heterocycles. The molecule has 0 heterocycles. The number of nitrogens with one attached hydrogen (secondary N) is 2. The highest BCUT2D eigenvalue weighted by Gasteiger charge is 2.12. The average Bonchev–Trinajstić information content (AvgIpc) is 2.37. The largest absolute Gasteiger partial charge is 0.391 e. The lowest BCUT2D eigenvalue weighted by Crippen LogP contribution is -2.32. The standard InChI is InChI=1S/C16H24N2O3/c1-10(2)7-14(20)9-17-16(21)13-6-5-11(3)15(8-13)18-12(4)19/h5-6,8,10,14,20H,7,9H2,1-4H3,(H,17,21)(H,18,19). The van der Waals surface area contributed by atoms with E-state index in [1.165, 1.54) is 6.92 Å². The molecule has 5 nitrogen and oxygen atoms in total. The van der Waals surface area contributed by atoms with Gasteiger partial charge in [-0.3, -0.25) is 9.59 Å². The number of hydrogen-bond acceptors (Lipinski definition) is 3. The fourth-order valence-corrected chi connectivity index (χ4v) is 2.03. The molecule has 0 fully saturated rings. The predicted octanol–water partition coefficient (Wildman–Crippen LogP) is 2.09. The minimum absolute atomic E-state index is 0.178. The molecule has 21 heavy (non-hydrogen) atoms. The maximum Gasteiger partial charge on any atom is 0.251 e. The second-order valence-corrected chi connectivity index (χ2v) is 5.70. The van der Waals surface area contributed by atoms with Gasteiger partial charge in [0.05, 0.1) is 6.10 Å². The number of rotatable bonds is 6. The second kappa shape index (κ2) is 7.78. The molecule has 0 aromatic heterocycles. The van der Waals surface area contributed by atoms with Gasteiger partial charge in [-0.2, -0.15) is 0 Å². The lowest BCUT2D eigenvalue weighted by Gasteiger charge is -2.14. The first-order chi connectivity index (χ1) is 9.79. The highest BCUT2D eigenvalue weighted by Crippen LogP contribution is 2.17. The fraction of sp³-hybridized carbons (Fsp3) is 0.500. The first-order valence-corrected chi connectivity index (χ1v) is 7.14. The van der Waals surface area contributed by atoms with Crippen LogP contribution < -0.4 is 10.6 Å². The van der Waals surface area contributed by atoms with Crippen LogP contribution in [0.2, 0.25) is 0 Å². The minimum atomic E-state index is -0.547. The van der Waals surface area contributed by atoms with Crippen LogP contribution in [0.4, 0.5) is 5.69 Å². The third kappa shape index (κ3) is 5.95. The van der Waals surface area contributed by atoms with Crippen LogP contribution in [-0.4, -0.2) is 29.6 Å². The summed E-state index contributed by atoms with van der Waals surface area (Å²) in [5.74, 6) is -0.0601. The number of benzene rings is 1. The summed E-state index contributed by atoms with van der Waals surface area (Å²) in [6.45, 7) is 7.55. The number of hydrogen-bond donors (Lipinski definition) is 3. The summed E-state index contributed by atoms with van der Waals surface area (Å²) in [5.41, 5.74) is 1.97. The van der Waals surface area contributed by atoms with Gasteiger partial charge in [0.1, 0.15) is 0 Å². The first kappa shape index (κ1) is 17.2. The zero-order chi connectivity index (χ0) is 16.0. The van der Waals surface area contributed by atoms with Crippen LogP contribution in [-0.2, 0) is 4.79 Å². The molecule has 3 N–H and O–H groups in total. The molecule has 5 heteroatoms. The smallest absolute Gasteiger partial charge is 0.251 e. The summed E-state index contributed by atoms with van der Waals surface area (Å²) in [6, 6.07) is 5.12. The molecule has 1 aromatic rings. The van der Waals surface area contributed by atoms with Crippen molar-refractivity contribution in [3.8, 4) is 0 Å². The van der Waals surface area contributed by atoms with Crippen molar-refractivity contribution in [3.63, 3.8) is 0 Å². The molecule has 0 aliphatic heterocycles. The number of aliphatic hydroxyl groups excluding tert-OH is 1. The topological polar surface area (TPSA) is 78.4 Å². The van der Waals surface area contributed by atoms with Crippen molar-refractivity contribution < 1.29 is 14.7 Å². The predicted molar refractivity (Wildman–Crippen MR) is 83.3 cm³/mol. The molecule has 2 amide bonds. The van der Waals surface area contributed by atoms with Gasteiger partial charge in [0, 0.05) is 24.7 Å². The van der Waals surface area contributed by atoms with Crippen molar-refractivity contribution in [2.45, 2.75) is 40.2 Å². The van der Waals surface area contributed by atoms with Gasteiger partial charge in [0.15, 0.2) is 0 Å². The van der Waals surface area contributed by atoms with E-state index in [2.05, 4.69) is 10.6 Å². The van der Waals surface area contributed by atoms with Crippen LogP contribution in [0.25, 0.3) is 0 Å². The maximum atomic E-state index is 12.0. The SMILES string of the molecule is CC(=O)Nc1cc(C(=O)NCC(O)CC(C)C)ccc1C. The van der Waals surface area contributed by atoms with E-state index in [4.69, 9.17) is 0 Å². The molecular weight excluding hydrogens is 268 g/mol. The maximum absolute atomic E-state index is 12.0. The van der Waals surface area contributed by atoms with Crippen molar-refractivity contribution in [1.29, 1.82) is 0 Å². The number of amides is 2. The van der Waals surface area contributed by atoms with Crippen molar-refractivity contribution in [2.24, 2.45) is 5.92 Å². The van der Waals surface area contributed by atoms with Gasteiger partial charge >= 0.3 is 0 Å². The van der Waals surface area contributed by atoms with Gasteiger partial charge in [-0.25, -0.2) is 0 Å². The Labute approximate surface area is 125 Å². The molecular formula is C16H24N2O3. The summed E-state index contributed by atoms with van der Waals surface area (Å²) in [4.78, 5) is 23.2. The van der Waals surface area contributed by atoms with Crippen molar-refractivity contribution in [2.75, 3.05) is 11.9 Å². The Morgan fingerprint density at radius 3 is 2.52 bits per heavy atom. The molecule has 1 aromatic carbocycles. The van der Waals surface area contributed by atoms with E-state index < -0.39 is 6.10 Å². The summed E-state index contributed by atoms with van der Waals surface area (Å²) in [7, 11) is 0. The van der Waals surface area contributed by atoms with Gasteiger partial charge in [0.25, 0.3) is 5.91 Å². The van der Waals surface area contributed by atoms with Crippen molar-refractivity contribution in [1.82, 2.24) is 5.32 Å². The third-order valence-corrected chi connectivity index (χ3v) is 3.05. The molecule has 116 valence electrons. The Morgan fingerprint density at radius 2 is 1.95 bits per heavy atom. The van der Waals surface area contributed by atoms with Crippen LogP contribution in [0, 0.1) is 12.8 Å². The molecule has 0 bridgehead atoms. The summed E-state index contributed by atoms with van der Waals surface area (Å²) in [6.07, 6.45) is 0.0971. The van der Waals surface area contributed by atoms with E-state index in [-0.39, 0.29) is 18.4 Å².